The molecule has 0 aliphatic rings. The Balaban J connectivity index is 2.81. The predicted molar refractivity (Wildman–Crippen MR) is 63.3 cm³/mol. The van der Waals surface area contributed by atoms with Crippen molar-refractivity contribution in [1.29, 1.82) is 0 Å². The molecule has 1 N–H and O–H groups in total. The lowest BCUT2D eigenvalue weighted by molar-refractivity contribution is 0.0912. The van der Waals surface area contributed by atoms with Crippen molar-refractivity contribution >= 4 is 17.5 Å². The molecule has 1 atom stereocenters. The maximum Gasteiger partial charge on any atom is 0.251 e. The van der Waals surface area contributed by atoms with Crippen LogP contribution in [-0.4, -0.2) is 16.8 Å². The molecule has 1 amide bonds. The van der Waals surface area contributed by atoms with Crippen LogP contribution >= 0.6 is 11.6 Å². The summed E-state index contributed by atoms with van der Waals surface area (Å²) in [5, 5.41) is 2.54. The second-order valence-electron chi connectivity index (χ2n) is 4.30. The normalized spacial score (nSPS) is 13.3. The van der Waals surface area contributed by atoms with Gasteiger partial charge in [0.2, 0.25) is 0 Å². The molecule has 1 rings (SSSR count). The van der Waals surface area contributed by atoms with Gasteiger partial charge in [0.1, 0.15) is 5.82 Å². The standard InChI is InChI=1S/C12H15ClFNO/c1-8(13)12(2,3)15-11(16)9-5-4-6-10(14)7-9/h4-8H,1-3H3,(H,15,16). The lowest BCUT2D eigenvalue weighted by atomic mass is 10.0. The summed E-state index contributed by atoms with van der Waals surface area (Å²) in [5.41, 5.74) is -0.240. The van der Waals surface area contributed by atoms with Crippen LogP contribution in [0.15, 0.2) is 24.3 Å². The molecule has 0 heterocycles. The highest BCUT2D eigenvalue weighted by atomic mass is 35.5. The molecule has 1 aromatic carbocycles. The second kappa shape index (κ2) is 4.83. The summed E-state index contributed by atoms with van der Waals surface area (Å²) in [6.45, 7) is 5.44. The van der Waals surface area contributed by atoms with Gasteiger partial charge in [-0.3, -0.25) is 4.79 Å². The van der Waals surface area contributed by atoms with Gasteiger partial charge in [0, 0.05) is 5.56 Å². The highest BCUT2D eigenvalue weighted by molar-refractivity contribution is 6.21. The molecule has 0 fully saturated rings. The van der Waals surface area contributed by atoms with Gasteiger partial charge < -0.3 is 5.32 Å². The van der Waals surface area contributed by atoms with Crippen LogP contribution in [0.1, 0.15) is 31.1 Å². The molecule has 0 bridgehead atoms. The fraction of sp³-hybridized carbons (Fsp3) is 0.417. The van der Waals surface area contributed by atoms with Crippen molar-refractivity contribution in [2.45, 2.75) is 31.7 Å². The Morgan fingerprint density at radius 2 is 2.12 bits per heavy atom. The van der Waals surface area contributed by atoms with Crippen LogP contribution in [0, 0.1) is 5.82 Å². The number of benzene rings is 1. The van der Waals surface area contributed by atoms with E-state index in [0.29, 0.717) is 5.56 Å². The number of amides is 1. The topological polar surface area (TPSA) is 29.1 Å². The van der Waals surface area contributed by atoms with Crippen molar-refractivity contribution in [2.75, 3.05) is 0 Å². The molecular formula is C12H15ClFNO. The molecule has 16 heavy (non-hydrogen) atoms. The van der Waals surface area contributed by atoms with E-state index in [1.54, 1.807) is 13.0 Å². The number of rotatable bonds is 3. The van der Waals surface area contributed by atoms with E-state index in [1.165, 1.54) is 18.2 Å². The molecule has 0 saturated carbocycles. The van der Waals surface area contributed by atoms with Gasteiger partial charge >= 0.3 is 0 Å². The molecule has 0 spiro atoms. The Labute approximate surface area is 99.8 Å². The number of carbonyl (C=O) groups is 1. The number of halogens is 2. The highest BCUT2D eigenvalue weighted by Crippen LogP contribution is 2.15. The average molecular weight is 244 g/mol. The first-order valence-electron chi connectivity index (χ1n) is 5.05. The van der Waals surface area contributed by atoms with Gasteiger partial charge in [0.15, 0.2) is 0 Å². The lowest BCUT2D eigenvalue weighted by Crippen LogP contribution is -2.49. The molecule has 0 aliphatic carbocycles. The predicted octanol–water partition coefficient (Wildman–Crippen LogP) is 2.96. The monoisotopic (exact) mass is 243 g/mol. The van der Waals surface area contributed by atoms with Crippen LogP contribution < -0.4 is 5.32 Å². The van der Waals surface area contributed by atoms with Crippen molar-refractivity contribution in [2.24, 2.45) is 0 Å². The number of carbonyl (C=O) groups excluding carboxylic acids is 1. The maximum absolute atomic E-state index is 12.9. The van der Waals surface area contributed by atoms with E-state index in [2.05, 4.69) is 5.32 Å². The summed E-state index contributed by atoms with van der Waals surface area (Å²) < 4.78 is 12.9. The third-order valence-corrected chi connectivity index (χ3v) is 3.06. The smallest absolute Gasteiger partial charge is 0.251 e. The van der Waals surface area contributed by atoms with Crippen molar-refractivity contribution in [3.63, 3.8) is 0 Å². The number of nitrogens with one attached hydrogen (secondary N) is 1. The van der Waals surface area contributed by atoms with Gasteiger partial charge in [-0.05, 0) is 39.0 Å². The van der Waals surface area contributed by atoms with Crippen LogP contribution in [0.25, 0.3) is 0 Å². The zero-order valence-corrected chi connectivity index (χ0v) is 10.3. The summed E-state index contributed by atoms with van der Waals surface area (Å²) in [6.07, 6.45) is 0. The third-order valence-electron chi connectivity index (χ3n) is 2.52. The van der Waals surface area contributed by atoms with E-state index in [0.717, 1.165) is 0 Å². The average Bonchev–Trinajstić information content (AvgIpc) is 2.16. The first-order valence-corrected chi connectivity index (χ1v) is 5.49. The summed E-state index contributed by atoms with van der Waals surface area (Å²) in [5.74, 6) is -0.749. The van der Waals surface area contributed by atoms with E-state index < -0.39 is 11.4 Å². The minimum Gasteiger partial charge on any atom is -0.346 e. The maximum atomic E-state index is 12.9. The molecule has 88 valence electrons. The first-order chi connectivity index (χ1) is 7.33. The van der Waals surface area contributed by atoms with E-state index in [4.69, 9.17) is 11.6 Å². The van der Waals surface area contributed by atoms with E-state index >= 15 is 0 Å². The van der Waals surface area contributed by atoms with Crippen LogP contribution in [0.3, 0.4) is 0 Å². The molecule has 1 aromatic rings. The zero-order valence-electron chi connectivity index (χ0n) is 9.55. The molecule has 4 heteroatoms. The third kappa shape index (κ3) is 3.20. The van der Waals surface area contributed by atoms with Crippen molar-refractivity contribution < 1.29 is 9.18 Å². The van der Waals surface area contributed by atoms with Crippen molar-refractivity contribution in [3.8, 4) is 0 Å². The Hall–Kier alpha value is -1.09. The van der Waals surface area contributed by atoms with Gasteiger partial charge in [-0.1, -0.05) is 6.07 Å². The van der Waals surface area contributed by atoms with Gasteiger partial charge in [0.25, 0.3) is 5.91 Å². The Kier molecular flexibility index (Phi) is 3.92. The summed E-state index contributed by atoms with van der Waals surface area (Å²) in [6, 6.07) is 5.56. The van der Waals surface area contributed by atoms with Crippen LogP contribution in [0.2, 0.25) is 0 Å². The van der Waals surface area contributed by atoms with E-state index in [1.807, 2.05) is 13.8 Å². The number of hydrogen-bond donors (Lipinski definition) is 1. The molecule has 0 aromatic heterocycles. The lowest BCUT2D eigenvalue weighted by Gasteiger charge is -2.28. The minimum absolute atomic E-state index is 0.218. The fourth-order valence-electron chi connectivity index (χ4n) is 1.09. The van der Waals surface area contributed by atoms with E-state index in [9.17, 15) is 9.18 Å². The summed E-state index contributed by atoms with van der Waals surface area (Å²) >= 11 is 5.94. The molecular weight excluding hydrogens is 229 g/mol. The SMILES string of the molecule is CC(Cl)C(C)(C)NC(=O)c1cccc(F)c1. The van der Waals surface area contributed by atoms with Crippen LogP contribution in [-0.2, 0) is 0 Å². The van der Waals surface area contributed by atoms with Crippen LogP contribution in [0.4, 0.5) is 4.39 Å². The van der Waals surface area contributed by atoms with Crippen LogP contribution in [0.5, 0.6) is 0 Å². The zero-order chi connectivity index (χ0) is 12.3. The molecule has 0 radical (unpaired) electrons. The summed E-state index contributed by atoms with van der Waals surface area (Å²) in [4.78, 5) is 11.8. The van der Waals surface area contributed by atoms with E-state index in [-0.39, 0.29) is 11.3 Å². The van der Waals surface area contributed by atoms with Crippen molar-refractivity contribution in [3.05, 3.63) is 35.6 Å². The fourth-order valence-corrected chi connectivity index (χ4v) is 1.15. The molecule has 2 nitrogen and oxygen atoms in total. The number of alkyl halides is 1. The molecule has 0 aliphatic heterocycles. The molecule has 0 saturated heterocycles. The minimum atomic E-state index is -0.537. The largest absolute Gasteiger partial charge is 0.346 e. The van der Waals surface area contributed by atoms with Gasteiger partial charge in [-0.2, -0.15) is 0 Å². The molecule has 1 unspecified atom stereocenters. The van der Waals surface area contributed by atoms with Crippen molar-refractivity contribution in [1.82, 2.24) is 5.32 Å². The Morgan fingerprint density at radius 1 is 1.50 bits per heavy atom. The number of hydrogen-bond acceptors (Lipinski definition) is 1. The highest BCUT2D eigenvalue weighted by Gasteiger charge is 2.26. The van der Waals surface area contributed by atoms with Gasteiger partial charge in [-0.25, -0.2) is 4.39 Å². The van der Waals surface area contributed by atoms with Gasteiger partial charge in [-0.15, -0.1) is 11.6 Å². The Bertz CT molecular complexity index is 390. The quantitative estimate of drug-likeness (QED) is 0.813. The first kappa shape index (κ1) is 13.0. The summed E-state index contributed by atoms with van der Waals surface area (Å²) in [7, 11) is 0. The Morgan fingerprint density at radius 3 is 2.62 bits per heavy atom. The van der Waals surface area contributed by atoms with Gasteiger partial charge in [0.05, 0.1) is 10.9 Å². The second-order valence-corrected chi connectivity index (χ2v) is 4.96.